The number of nitrogens with one attached hydrogen (secondary N) is 4. The lowest BCUT2D eigenvalue weighted by atomic mass is 10.2. The molecule has 11 heteroatoms. The Labute approximate surface area is 134 Å². The Morgan fingerprint density at radius 1 is 1.38 bits per heavy atom. The van der Waals surface area contributed by atoms with Gasteiger partial charge in [0, 0.05) is 11.6 Å². The predicted molar refractivity (Wildman–Crippen MR) is 84.1 cm³/mol. The highest BCUT2D eigenvalue weighted by Crippen LogP contribution is 2.20. The molecule has 1 aromatic carbocycles. The van der Waals surface area contributed by atoms with Crippen LogP contribution in [0, 0.1) is 0 Å². The van der Waals surface area contributed by atoms with Gasteiger partial charge < -0.3 is 15.5 Å². The molecule has 0 spiro atoms. The lowest BCUT2D eigenvalue weighted by Crippen LogP contribution is -2.38. The van der Waals surface area contributed by atoms with Gasteiger partial charge in [-0.3, -0.25) is 14.6 Å². The lowest BCUT2D eigenvalue weighted by Gasteiger charge is -2.11. The van der Waals surface area contributed by atoms with Crippen LogP contribution >= 0.6 is 0 Å². The van der Waals surface area contributed by atoms with Crippen LogP contribution < -0.4 is 22.0 Å². The highest BCUT2D eigenvalue weighted by molar-refractivity contribution is 5.87. The summed E-state index contributed by atoms with van der Waals surface area (Å²) in [5.74, 6) is -1.12. The minimum Gasteiger partial charge on any atom is -0.508 e. The third-order valence-corrected chi connectivity index (χ3v) is 2.85. The summed E-state index contributed by atoms with van der Waals surface area (Å²) in [5, 5.41) is 30.4. The first-order valence-electron chi connectivity index (χ1n) is 6.67. The number of phenols is 2. The summed E-state index contributed by atoms with van der Waals surface area (Å²) in [6.07, 6.45) is 1.18. The topological polar surface area (TPSA) is 173 Å². The number of H-pyrrole nitrogens is 2. The first-order chi connectivity index (χ1) is 11.4. The molecule has 6 N–H and O–H groups in total. The Morgan fingerprint density at radius 2 is 2.12 bits per heavy atom. The second kappa shape index (κ2) is 7.09. The van der Waals surface area contributed by atoms with E-state index in [0.717, 1.165) is 6.07 Å². The number of anilines is 1. The number of aromatic nitrogens is 3. The van der Waals surface area contributed by atoms with Gasteiger partial charge in [-0.15, -0.1) is 5.10 Å². The van der Waals surface area contributed by atoms with E-state index in [2.05, 4.69) is 20.9 Å². The van der Waals surface area contributed by atoms with Crippen LogP contribution in [0.2, 0.25) is 0 Å². The smallest absolute Gasteiger partial charge is 0.342 e. The van der Waals surface area contributed by atoms with Gasteiger partial charge in [-0.1, -0.05) is 0 Å². The van der Waals surface area contributed by atoms with E-state index in [1.807, 2.05) is 10.1 Å². The molecule has 1 atom stereocenters. The highest BCUT2D eigenvalue weighted by atomic mass is 16.3. The number of carbonyl (C=O) groups is 1. The molecule has 0 saturated heterocycles. The summed E-state index contributed by atoms with van der Waals surface area (Å²) in [6, 6.07) is 3.00. The minimum absolute atomic E-state index is 0.106. The number of hydrazone groups is 1. The van der Waals surface area contributed by atoms with E-state index in [9.17, 15) is 19.5 Å². The highest BCUT2D eigenvalue weighted by Gasteiger charge is 2.14. The van der Waals surface area contributed by atoms with Crippen molar-refractivity contribution in [1.29, 1.82) is 0 Å². The van der Waals surface area contributed by atoms with Crippen LogP contribution in [0.15, 0.2) is 32.9 Å². The average molecular weight is 334 g/mol. The van der Waals surface area contributed by atoms with Gasteiger partial charge in [-0.25, -0.2) is 15.3 Å². The fraction of sp³-hybridized carbons (Fsp3) is 0.154. The summed E-state index contributed by atoms with van der Waals surface area (Å²) in [5.41, 5.74) is 0.960. The van der Waals surface area contributed by atoms with Gasteiger partial charge >= 0.3 is 5.69 Å². The van der Waals surface area contributed by atoms with Crippen molar-refractivity contribution in [3.8, 4) is 11.5 Å². The third kappa shape index (κ3) is 4.19. The number of hydrogen-bond acceptors (Lipinski definition) is 8. The normalized spacial score (nSPS) is 12.0. The fourth-order valence-electron chi connectivity index (χ4n) is 1.62. The average Bonchev–Trinajstić information content (AvgIpc) is 2.52. The Morgan fingerprint density at radius 3 is 2.79 bits per heavy atom. The molecule has 2 rings (SSSR count). The van der Waals surface area contributed by atoms with Crippen LogP contribution in [0.3, 0.4) is 0 Å². The molecular weight excluding hydrogens is 320 g/mol. The largest absolute Gasteiger partial charge is 0.508 e. The van der Waals surface area contributed by atoms with Gasteiger partial charge in [0.2, 0.25) is 5.82 Å². The maximum Gasteiger partial charge on any atom is 0.342 e. The lowest BCUT2D eigenvalue weighted by molar-refractivity contribution is -0.121. The van der Waals surface area contributed by atoms with Crippen molar-refractivity contribution < 1.29 is 15.0 Å². The maximum absolute atomic E-state index is 11.9. The predicted octanol–water partition coefficient (Wildman–Crippen LogP) is -1.18. The van der Waals surface area contributed by atoms with Crippen molar-refractivity contribution in [1.82, 2.24) is 20.6 Å². The van der Waals surface area contributed by atoms with E-state index in [1.165, 1.54) is 25.3 Å². The number of aromatic hydroxyl groups is 2. The molecule has 1 heterocycles. The minimum atomic E-state index is -0.880. The molecule has 0 radical (unpaired) electrons. The Balaban J connectivity index is 1.97. The summed E-state index contributed by atoms with van der Waals surface area (Å²) < 4.78 is 0. The molecule has 126 valence electrons. The zero-order valence-electron chi connectivity index (χ0n) is 12.4. The molecule has 1 aromatic heterocycles. The zero-order valence-corrected chi connectivity index (χ0v) is 12.4. The quantitative estimate of drug-likeness (QED) is 0.295. The second-order valence-corrected chi connectivity index (χ2v) is 4.70. The number of nitrogens with zero attached hydrogens (tertiary/aromatic N) is 2. The van der Waals surface area contributed by atoms with Crippen LogP contribution in [-0.4, -0.2) is 43.6 Å². The molecule has 0 aliphatic rings. The van der Waals surface area contributed by atoms with E-state index >= 15 is 0 Å². The van der Waals surface area contributed by atoms with E-state index < -0.39 is 23.2 Å². The van der Waals surface area contributed by atoms with Crippen LogP contribution in [0.4, 0.5) is 5.82 Å². The number of carbonyl (C=O) groups excluding carboxylic acids is 1. The first kappa shape index (κ1) is 16.7. The van der Waals surface area contributed by atoms with E-state index in [1.54, 1.807) is 0 Å². The molecule has 2 aromatic rings. The van der Waals surface area contributed by atoms with Gasteiger partial charge in [-0.05, 0) is 19.1 Å². The first-order valence-corrected chi connectivity index (χ1v) is 6.67. The van der Waals surface area contributed by atoms with Crippen molar-refractivity contribution >= 4 is 17.9 Å². The summed E-state index contributed by atoms with van der Waals surface area (Å²) in [4.78, 5) is 36.1. The molecule has 11 nitrogen and oxygen atoms in total. The zero-order chi connectivity index (χ0) is 17.7. The van der Waals surface area contributed by atoms with Crippen molar-refractivity contribution in [2.45, 2.75) is 13.0 Å². The van der Waals surface area contributed by atoms with Gasteiger partial charge in [0.15, 0.2) is 0 Å². The third-order valence-electron chi connectivity index (χ3n) is 2.85. The molecule has 0 bridgehead atoms. The van der Waals surface area contributed by atoms with Crippen molar-refractivity contribution in [3.63, 3.8) is 0 Å². The van der Waals surface area contributed by atoms with Gasteiger partial charge in [0.25, 0.3) is 11.5 Å². The number of hydrogen-bond donors (Lipinski definition) is 6. The van der Waals surface area contributed by atoms with Crippen LogP contribution in [0.1, 0.15) is 12.5 Å². The van der Waals surface area contributed by atoms with Crippen LogP contribution in [0.5, 0.6) is 11.5 Å². The molecule has 0 fully saturated rings. The summed E-state index contributed by atoms with van der Waals surface area (Å²) in [7, 11) is 0. The molecular formula is C13H14N6O5. The van der Waals surface area contributed by atoms with Crippen LogP contribution in [0.25, 0.3) is 0 Å². The molecule has 0 aliphatic carbocycles. The number of benzene rings is 1. The van der Waals surface area contributed by atoms with Gasteiger partial charge in [0.1, 0.15) is 17.5 Å². The molecule has 1 amide bonds. The van der Waals surface area contributed by atoms with E-state index in [-0.39, 0.29) is 22.9 Å². The van der Waals surface area contributed by atoms with E-state index in [0.29, 0.717) is 0 Å². The maximum atomic E-state index is 11.9. The van der Waals surface area contributed by atoms with Gasteiger partial charge in [-0.2, -0.15) is 5.10 Å². The van der Waals surface area contributed by atoms with E-state index in [4.69, 9.17) is 5.11 Å². The number of rotatable bonds is 5. The SMILES string of the molecule is C[C@@H](Nc1n[nH]c(=O)[nH]c1=O)C(=O)N/N=C\c1ccc(O)cc1O. The molecule has 0 saturated carbocycles. The molecule has 24 heavy (non-hydrogen) atoms. The number of aromatic amines is 2. The Bertz CT molecular complexity index is 887. The monoisotopic (exact) mass is 334 g/mol. The molecule has 0 aliphatic heterocycles. The number of amides is 1. The molecule has 0 unspecified atom stereocenters. The van der Waals surface area contributed by atoms with Crippen LogP contribution in [-0.2, 0) is 4.79 Å². The Kier molecular flexibility index (Phi) is 4.94. The van der Waals surface area contributed by atoms with Crippen molar-refractivity contribution in [2.24, 2.45) is 5.10 Å². The van der Waals surface area contributed by atoms with Gasteiger partial charge in [0.05, 0.1) is 6.21 Å². The standard InChI is InChI=1S/C13H14N6O5/c1-6(15-10-12(23)16-13(24)19-17-10)11(22)18-14-5-7-2-3-8(20)4-9(7)21/h2-6,20-21H,1H3,(H,15,17)(H,18,22)(H2,16,19,23,24)/b14-5-/t6-/m1/s1. The Hall–Kier alpha value is -3.63. The second-order valence-electron chi connectivity index (χ2n) is 4.70. The van der Waals surface area contributed by atoms with Crippen molar-refractivity contribution in [2.75, 3.05) is 5.32 Å². The van der Waals surface area contributed by atoms with Crippen molar-refractivity contribution in [3.05, 3.63) is 44.6 Å². The fourth-order valence-corrected chi connectivity index (χ4v) is 1.62. The number of phenolic OH excluding ortho intramolecular Hbond substituents is 2. The summed E-state index contributed by atoms with van der Waals surface area (Å²) in [6.45, 7) is 1.45. The summed E-state index contributed by atoms with van der Waals surface area (Å²) >= 11 is 0.